The van der Waals surface area contributed by atoms with E-state index in [1.54, 1.807) is 31.8 Å². The Hall–Kier alpha value is -3.98. The van der Waals surface area contributed by atoms with Crippen molar-refractivity contribution in [2.75, 3.05) is 26.3 Å². The summed E-state index contributed by atoms with van der Waals surface area (Å²) in [6, 6.07) is 16.0. The number of aryl methyl sites for hydroxylation is 1. The first-order chi connectivity index (χ1) is 16.6. The lowest BCUT2D eigenvalue weighted by Gasteiger charge is -2.10. The topological polar surface area (TPSA) is 90.8 Å². The highest BCUT2D eigenvalue weighted by molar-refractivity contribution is 7.08. The number of nitrogens with zero attached hydrogens (tertiary/aromatic N) is 4. The Labute approximate surface area is 202 Å². The Morgan fingerprint density at radius 2 is 1.88 bits per heavy atom. The Kier molecular flexibility index (Phi) is 7.67. The first kappa shape index (κ1) is 23.2. The van der Waals surface area contributed by atoms with Crippen LogP contribution < -0.4 is 19.6 Å². The number of hydrogen-bond donors (Lipinski definition) is 1. The van der Waals surface area contributed by atoms with Gasteiger partial charge in [-0.15, -0.1) is 0 Å². The van der Waals surface area contributed by atoms with Gasteiger partial charge >= 0.3 is 6.01 Å². The van der Waals surface area contributed by atoms with Crippen molar-refractivity contribution in [1.82, 2.24) is 15.0 Å². The molecule has 1 N–H and O–H groups in total. The predicted octanol–water partition coefficient (Wildman–Crippen LogP) is 4.99. The van der Waals surface area contributed by atoms with Crippen LogP contribution in [0.3, 0.4) is 0 Å². The van der Waals surface area contributed by atoms with Gasteiger partial charge in [0.2, 0.25) is 5.95 Å². The zero-order chi connectivity index (χ0) is 23.8. The van der Waals surface area contributed by atoms with E-state index in [2.05, 4.69) is 25.5 Å². The highest BCUT2D eigenvalue weighted by atomic mass is 32.1. The van der Waals surface area contributed by atoms with Gasteiger partial charge in [-0.2, -0.15) is 31.4 Å². The molecule has 0 atom stereocenters. The van der Waals surface area contributed by atoms with Gasteiger partial charge in [0.05, 0.1) is 27.0 Å². The zero-order valence-electron chi connectivity index (χ0n) is 19.2. The first-order valence-corrected chi connectivity index (χ1v) is 11.6. The van der Waals surface area contributed by atoms with Crippen molar-refractivity contribution in [2.24, 2.45) is 5.10 Å². The predicted molar refractivity (Wildman–Crippen MR) is 134 cm³/mol. The molecule has 0 aliphatic carbocycles. The molecule has 2 aromatic heterocycles. The van der Waals surface area contributed by atoms with Gasteiger partial charge in [0, 0.05) is 17.4 Å². The van der Waals surface area contributed by atoms with Crippen LogP contribution >= 0.6 is 11.3 Å². The lowest BCUT2D eigenvalue weighted by atomic mass is 10.1. The van der Waals surface area contributed by atoms with Gasteiger partial charge in [-0.25, -0.2) is 5.43 Å². The fourth-order valence-electron chi connectivity index (χ4n) is 3.20. The number of benzene rings is 2. The zero-order valence-corrected chi connectivity index (χ0v) is 20.0. The summed E-state index contributed by atoms with van der Waals surface area (Å²) in [5.41, 5.74) is 6.97. The van der Waals surface area contributed by atoms with E-state index in [4.69, 9.17) is 14.2 Å². The largest absolute Gasteiger partial charge is 0.493 e. The second-order valence-corrected chi connectivity index (χ2v) is 8.13. The number of hydrazone groups is 1. The summed E-state index contributed by atoms with van der Waals surface area (Å²) in [4.78, 5) is 13.3. The summed E-state index contributed by atoms with van der Waals surface area (Å²) < 4.78 is 16.5. The van der Waals surface area contributed by atoms with Gasteiger partial charge in [-0.1, -0.05) is 35.9 Å². The number of ether oxygens (including phenoxy) is 3. The Morgan fingerprint density at radius 1 is 1.00 bits per heavy atom. The molecule has 0 amide bonds. The van der Waals surface area contributed by atoms with Crippen LogP contribution in [0.4, 0.5) is 5.95 Å². The van der Waals surface area contributed by atoms with Crippen LogP contribution in [0.15, 0.2) is 64.4 Å². The molecule has 0 aliphatic heterocycles. The molecule has 0 radical (unpaired) electrons. The number of nitrogens with one attached hydrogen (secondary N) is 1. The van der Waals surface area contributed by atoms with Crippen molar-refractivity contribution in [3.05, 3.63) is 76.0 Å². The highest BCUT2D eigenvalue weighted by Gasteiger charge is 2.11. The van der Waals surface area contributed by atoms with E-state index >= 15 is 0 Å². The second-order valence-electron chi connectivity index (χ2n) is 7.35. The molecule has 0 saturated heterocycles. The molecule has 2 heterocycles. The molecule has 4 rings (SSSR count). The van der Waals surface area contributed by atoms with E-state index in [-0.39, 0.29) is 6.01 Å². The third-order valence-corrected chi connectivity index (χ3v) is 5.57. The third kappa shape index (κ3) is 6.08. The summed E-state index contributed by atoms with van der Waals surface area (Å²) in [6.45, 7) is 2.42. The second kappa shape index (κ2) is 11.2. The van der Waals surface area contributed by atoms with Crippen LogP contribution in [0.2, 0.25) is 0 Å². The summed E-state index contributed by atoms with van der Waals surface area (Å²) in [7, 11) is 3.23. The molecule has 8 nitrogen and oxygen atoms in total. The Morgan fingerprint density at radius 3 is 2.65 bits per heavy atom. The van der Waals surface area contributed by atoms with Crippen molar-refractivity contribution in [2.45, 2.75) is 13.3 Å². The molecule has 0 spiro atoms. The van der Waals surface area contributed by atoms with E-state index in [0.717, 1.165) is 22.3 Å². The van der Waals surface area contributed by atoms with Crippen LogP contribution in [0.5, 0.6) is 17.5 Å². The minimum atomic E-state index is 0.227. The van der Waals surface area contributed by atoms with Crippen LogP contribution in [0, 0.1) is 6.92 Å². The van der Waals surface area contributed by atoms with Crippen molar-refractivity contribution < 1.29 is 14.2 Å². The highest BCUT2D eigenvalue weighted by Crippen LogP contribution is 2.28. The van der Waals surface area contributed by atoms with Crippen molar-refractivity contribution >= 4 is 23.5 Å². The van der Waals surface area contributed by atoms with E-state index in [9.17, 15) is 0 Å². The van der Waals surface area contributed by atoms with E-state index in [1.807, 2.05) is 66.2 Å². The number of methoxy groups -OCH3 is 2. The number of hydrogen-bond acceptors (Lipinski definition) is 9. The van der Waals surface area contributed by atoms with E-state index in [1.165, 1.54) is 0 Å². The molecule has 9 heteroatoms. The van der Waals surface area contributed by atoms with Gasteiger partial charge < -0.3 is 14.2 Å². The molecule has 0 aliphatic rings. The first-order valence-electron chi connectivity index (χ1n) is 10.6. The fraction of sp³-hybridized carbons (Fsp3) is 0.200. The standard InChI is InChI=1S/C25H25N5O3S/c1-17-5-4-6-19(13-17)15-26-30-24-27-23(20-10-12-34-16-20)28-25(29-24)33-11-9-18-7-8-21(31-2)22(14-18)32-3/h4-8,10,12-16H,9,11H2,1-3H3,(H,27,28,29,30)/b26-15+. The van der Waals surface area contributed by atoms with Crippen LogP contribution in [0.25, 0.3) is 11.4 Å². The van der Waals surface area contributed by atoms with E-state index in [0.29, 0.717) is 36.3 Å². The van der Waals surface area contributed by atoms with Gasteiger partial charge in [0.25, 0.3) is 0 Å². The van der Waals surface area contributed by atoms with Crippen LogP contribution in [-0.4, -0.2) is 42.0 Å². The number of thiophene rings is 1. The minimum absolute atomic E-state index is 0.227. The molecular weight excluding hydrogens is 450 g/mol. The van der Waals surface area contributed by atoms with Crippen molar-refractivity contribution in [3.8, 4) is 28.9 Å². The average molecular weight is 476 g/mol. The summed E-state index contributed by atoms with van der Waals surface area (Å²) >= 11 is 1.57. The molecule has 2 aromatic carbocycles. The Balaban J connectivity index is 1.47. The lowest BCUT2D eigenvalue weighted by Crippen LogP contribution is -2.08. The Bertz CT molecular complexity index is 1260. The fourth-order valence-corrected chi connectivity index (χ4v) is 3.84. The smallest absolute Gasteiger partial charge is 0.321 e. The number of rotatable bonds is 10. The maximum absolute atomic E-state index is 5.88. The molecule has 0 saturated carbocycles. The summed E-state index contributed by atoms with van der Waals surface area (Å²) in [5.74, 6) is 2.19. The third-order valence-electron chi connectivity index (χ3n) is 4.88. The quantitative estimate of drug-likeness (QED) is 0.255. The van der Waals surface area contributed by atoms with Gasteiger partial charge in [-0.05, 0) is 41.6 Å². The maximum Gasteiger partial charge on any atom is 0.321 e. The maximum atomic E-state index is 5.88. The van der Waals surface area contributed by atoms with Crippen LogP contribution in [-0.2, 0) is 6.42 Å². The van der Waals surface area contributed by atoms with Gasteiger partial charge in [-0.3, -0.25) is 0 Å². The molecule has 0 fully saturated rings. The van der Waals surface area contributed by atoms with Gasteiger partial charge in [0.15, 0.2) is 17.3 Å². The minimum Gasteiger partial charge on any atom is -0.493 e. The average Bonchev–Trinajstić information content (AvgIpc) is 3.39. The van der Waals surface area contributed by atoms with E-state index < -0.39 is 0 Å². The summed E-state index contributed by atoms with van der Waals surface area (Å²) in [6.07, 6.45) is 2.37. The van der Waals surface area contributed by atoms with Crippen molar-refractivity contribution in [3.63, 3.8) is 0 Å². The molecule has 174 valence electrons. The van der Waals surface area contributed by atoms with Gasteiger partial charge in [0.1, 0.15) is 0 Å². The lowest BCUT2D eigenvalue weighted by molar-refractivity contribution is 0.295. The number of aromatic nitrogens is 3. The number of anilines is 1. The normalized spacial score (nSPS) is 10.9. The molecule has 34 heavy (non-hydrogen) atoms. The summed E-state index contributed by atoms with van der Waals surface area (Å²) in [5, 5.41) is 8.22. The van der Waals surface area contributed by atoms with Crippen LogP contribution in [0.1, 0.15) is 16.7 Å². The molecule has 0 bridgehead atoms. The molecule has 0 unspecified atom stereocenters. The molecule has 4 aromatic rings. The molecular formula is C25H25N5O3S. The monoisotopic (exact) mass is 475 g/mol. The SMILES string of the molecule is COc1ccc(CCOc2nc(N/N=C/c3cccc(C)c3)nc(-c3ccsc3)n2)cc1OC. The van der Waals surface area contributed by atoms with Crippen molar-refractivity contribution in [1.29, 1.82) is 0 Å².